The molecule has 2 rings (SSSR count). The molecule has 1 amide bonds. The first kappa shape index (κ1) is 15.3. The van der Waals surface area contributed by atoms with Gasteiger partial charge >= 0.3 is 6.18 Å². The average molecular weight is 300 g/mol. The first-order valence-corrected chi connectivity index (χ1v) is 6.47. The summed E-state index contributed by atoms with van der Waals surface area (Å²) in [5, 5.41) is 7.86. The van der Waals surface area contributed by atoms with Crippen LogP contribution in [-0.4, -0.2) is 45.6 Å². The molecule has 5 nitrogen and oxygen atoms in total. The molecule has 0 unspecified atom stereocenters. The molecule has 0 spiro atoms. The van der Waals surface area contributed by atoms with Crippen LogP contribution in [0.3, 0.4) is 0 Å². The van der Waals surface area contributed by atoms with E-state index < -0.39 is 18.5 Å². The Morgan fingerprint density at radius 1 is 1.38 bits per heavy atom. The molecular formula is C13H15F3N4O. The predicted molar refractivity (Wildman–Crippen MR) is 70.8 cm³/mol. The van der Waals surface area contributed by atoms with Crippen molar-refractivity contribution in [1.82, 2.24) is 19.9 Å². The number of amides is 1. The maximum Gasteiger partial charge on any atom is 0.390 e. The predicted octanol–water partition coefficient (Wildman–Crippen LogP) is 2.48. The van der Waals surface area contributed by atoms with Gasteiger partial charge in [0.15, 0.2) is 0 Å². The lowest BCUT2D eigenvalue weighted by Gasteiger charge is -2.18. The van der Waals surface area contributed by atoms with E-state index in [0.717, 1.165) is 10.4 Å². The standard InChI is InChI=1S/C13H15F3N4O/c1-3-20-11-5-4-9(8-10(11)17-18-20)12(21)19(2)7-6-13(14,15)16/h4-5,8H,3,6-7H2,1-2H3. The number of carbonyl (C=O) groups excluding carboxylic acids is 1. The van der Waals surface area contributed by atoms with Gasteiger partial charge in [-0.2, -0.15) is 13.2 Å². The summed E-state index contributed by atoms with van der Waals surface area (Å²) in [6, 6.07) is 4.81. The monoisotopic (exact) mass is 300 g/mol. The van der Waals surface area contributed by atoms with Gasteiger partial charge in [0, 0.05) is 25.7 Å². The third-order valence-corrected chi connectivity index (χ3v) is 3.14. The highest BCUT2D eigenvalue weighted by Gasteiger charge is 2.28. The molecule has 0 atom stereocenters. The summed E-state index contributed by atoms with van der Waals surface area (Å²) >= 11 is 0. The maximum absolute atomic E-state index is 12.2. The Labute approximate surface area is 119 Å². The van der Waals surface area contributed by atoms with Crippen molar-refractivity contribution in [3.63, 3.8) is 0 Å². The number of alkyl halides is 3. The Bertz CT molecular complexity index is 650. The zero-order chi connectivity index (χ0) is 15.6. The molecule has 2 aromatic rings. The molecule has 0 aliphatic rings. The van der Waals surface area contributed by atoms with Crippen LogP contribution >= 0.6 is 0 Å². The van der Waals surface area contributed by atoms with Crippen LogP contribution in [-0.2, 0) is 6.54 Å². The van der Waals surface area contributed by atoms with E-state index >= 15 is 0 Å². The van der Waals surface area contributed by atoms with Crippen molar-refractivity contribution in [3.05, 3.63) is 23.8 Å². The third kappa shape index (κ3) is 3.50. The SMILES string of the molecule is CCn1nnc2cc(C(=O)N(C)CCC(F)(F)F)ccc21. The van der Waals surface area contributed by atoms with E-state index in [1.807, 2.05) is 6.92 Å². The molecule has 114 valence electrons. The molecule has 0 aliphatic carbocycles. The summed E-state index contributed by atoms with van der Waals surface area (Å²) in [6.45, 7) is 2.19. The largest absolute Gasteiger partial charge is 0.390 e. The van der Waals surface area contributed by atoms with Crippen LogP contribution in [0.2, 0.25) is 0 Å². The highest BCUT2D eigenvalue weighted by molar-refractivity contribution is 5.97. The van der Waals surface area contributed by atoms with Gasteiger partial charge in [-0.1, -0.05) is 5.21 Å². The number of halogens is 3. The van der Waals surface area contributed by atoms with Gasteiger partial charge in [0.05, 0.1) is 11.9 Å². The van der Waals surface area contributed by atoms with Crippen LogP contribution in [0.1, 0.15) is 23.7 Å². The molecule has 1 aromatic heterocycles. The number of nitrogens with zero attached hydrogens (tertiary/aromatic N) is 4. The topological polar surface area (TPSA) is 51.0 Å². The summed E-state index contributed by atoms with van der Waals surface area (Å²) in [7, 11) is 1.35. The van der Waals surface area contributed by atoms with Crippen molar-refractivity contribution in [3.8, 4) is 0 Å². The van der Waals surface area contributed by atoms with Crippen molar-refractivity contribution in [2.45, 2.75) is 26.1 Å². The quantitative estimate of drug-likeness (QED) is 0.871. The third-order valence-electron chi connectivity index (χ3n) is 3.14. The van der Waals surface area contributed by atoms with Gasteiger partial charge in [0.25, 0.3) is 5.91 Å². The van der Waals surface area contributed by atoms with Gasteiger partial charge in [-0.15, -0.1) is 5.10 Å². The number of benzene rings is 1. The molecule has 0 aliphatic heterocycles. The van der Waals surface area contributed by atoms with E-state index in [9.17, 15) is 18.0 Å². The Morgan fingerprint density at radius 2 is 2.10 bits per heavy atom. The van der Waals surface area contributed by atoms with Crippen LogP contribution in [0.4, 0.5) is 13.2 Å². The molecule has 21 heavy (non-hydrogen) atoms. The minimum absolute atomic E-state index is 0.301. The van der Waals surface area contributed by atoms with Crippen LogP contribution in [0.5, 0.6) is 0 Å². The molecule has 0 fully saturated rings. The second-order valence-corrected chi connectivity index (χ2v) is 4.70. The number of hydrogen-bond donors (Lipinski definition) is 0. The van der Waals surface area contributed by atoms with Crippen LogP contribution in [0, 0.1) is 0 Å². The number of fused-ring (bicyclic) bond motifs is 1. The van der Waals surface area contributed by atoms with Crippen molar-refractivity contribution in [2.24, 2.45) is 0 Å². The number of aromatic nitrogens is 3. The van der Waals surface area contributed by atoms with Gasteiger partial charge in [-0.05, 0) is 25.1 Å². The molecule has 0 saturated carbocycles. The van der Waals surface area contributed by atoms with Gasteiger partial charge in [-0.3, -0.25) is 4.79 Å². The highest BCUT2D eigenvalue weighted by atomic mass is 19.4. The fourth-order valence-corrected chi connectivity index (χ4v) is 1.96. The lowest BCUT2D eigenvalue weighted by molar-refractivity contribution is -0.136. The van der Waals surface area contributed by atoms with Gasteiger partial charge in [0.1, 0.15) is 5.52 Å². The number of carbonyl (C=O) groups is 1. The first-order valence-electron chi connectivity index (χ1n) is 6.47. The number of rotatable bonds is 4. The van der Waals surface area contributed by atoms with E-state index in [0.29, 0.717) is 17.6 Å². The molecule has 1 aromatic carbocycles. The maximum atomic E-state index is 12.2. The molecule has 0 saturated heterocycles. The summed E-state index contributed by atoms with van der Waals surface area (Å²) in [6.07, 6.45) is -5.30. The molecule has 1 heterocycles. The van der Waals surface area contributed by atoms with Gasteiger partial charge in [0.2, 0.25) is 0 Å². The Balaban J connectivity index is 2.15. The number of hydrogen-bond acceptors (Lipinski definition) is 3. The van der Waals surface area contributed by atoms with Crippen molar-refractivity contribution in [2.75, 3.05) is 13.6 Å². The second kappa shape index (κ2) is 5.71. The molecule has 8 heteroatoms. The molecule has 0 N–H and O–H groups in total. The fourth-order valence-electron chi connectivity index (χ4n) is 1.96. The van der Waals surface area contributed by atoms with E-state index in [1.54, 1.807) is 22.9 Å². The van der Waals surface area contributed by atoms with Crippen molar-refractivity contribution >= 4 is 16.9 Å². The Morgan fingerprint density at radius 3 is 2.71 bits per heavy atom. The normalized spacial score (nSPS) is 11.9. The van der Waals surface area contributed by atoms with Crippen molar-refractivity contribution in [1.29, 1.82) is 0 Å². The summed E-state index contributed by atoms with van der Waals surface area (Å²) < 4.78 is 38.2. The molecule has 0 bridgehead atoms. The highest BCUT2D eigenvalue weighted by Crippen LogP contribution is 2.20. The van der Waals surface area contributed by atoms with E-state index in [-0.39, 0.29) is 6.54 Å². The zero-order valence-electron chi connectivity index (χ0n) is 11.7. The summed E-state index contributed by atoms with van der Waals surface area (Å²) in [5.41, 5.74) is 1.63. The summed E-state index contributed by atoms with van der Waals surface area (Å²) in [5.74, 6) is -0.466. The Kier molecular flexibility index (Phi) is 4.15. The van der Waals surface area contributed by atoms with Crippen molar-refractivity contribution < 1.29 is 18.0 Å². The van der Waals surface area contributed by atoms with E-state index in [1.165, 1.54) is 7.05 Å². The average Bonchev–Trinajstić information content (AvgIpc) is 2.85. The van der Waals surface area contributed by atoms with Crippen LogP contribution in [0.15, 0.2) is 18.2 Å². The van der Waals surface area contributed by atoms with E-state index in [2.05, 4.69) is 10.3 Å². The Hall–Kier alpha value is -2.12. The molecule has 0 radical (unpaired) electrons. The fraction of sp³-hybridized carbons (Fsp3) is 0.462. The zero-order valence-corrected chi connectivity index (χ0v) is 11.7. The van der Waals surface area contributed by atoms with Crippen LogP contribution in [0.25, 0.3) is 11.0 Å². The summed E-state index contributed by atoms with van der Waals surface area (Å²) in [4.78, 5) is 13.1. The van der Waals surface area contributed by atoms with E-state index in [4.69, 9.17) is 0 Å². The minimum Gasteiger partial charge on any atom is -0.341 e. The number of aryl methyl sites for hydroxylation is 1. The second-order valence-electron chi connectivity index (χ2n) is 4.70. The van der Waals surface area contributed by atoms with Gasteiger partial charge in [-0.25, -0.2) is 4.68 Å². The minimum atomic E-state index is -4.28. The lowest BCUT2D eigenvalue weighted by Crippen LogP contribution is -2.30. The van der Waals surface area contributed by atoms with Crippen LogP contribution < -0.4 is 0 Å². The smallest absolute Gasteiger partial charge is 0.341 e. The molecular weight excluding hydrogens is 285 g/mol. The van der Waals surface area contributed by atoms with Gasteiger partial charge < -0.3 is 4.90 Å². The lowest BCUT2D eigenvalue weighted by atomic mass is 10.1. The first-order chi connectivity index (χ1) is 9.81.